The minimum Gasteiger partial charge on any atom is -0.447 e. The van der Waals surface area contributed by atoms with Crippen LogP contribution in [0.5, 0.6) is 0 Å². The van der Waals surface area contributed by atoms with Gasteiger partial charge in [0, 0.05) is 35.8 Å². The number of nitrogens with one attached hydrogen (secondary N) is 4. The van der Waals surface area contributed by atoms with Gasteiger partial charge in [-0.3, -0.25) is 0 Å². The third kappa shape index (κ3) is 9.61. The Morgan fingerprint density at radius 2 is 1.83 bits per heavy atom. The maximum atomic E-state index is 13.5. The summed E-state index contributed by atoms with van der Waals surface area (Å²) >= 11 is 1.64. The van der Waals surface area contributed by atoms with Crippen molar-refractivity contribution in [2.45, 2.75) is 95.3 Å². The molecule has 1 aromatic heterocycles. The number of hydroxylamine groups is 1. The molecule has 1 aliphatic carbocycles. The average molecular weight is 600 g/mol. The Morgan fingerprint density at radius 1 is 1.10 bits per heavy atom. The molecule has 4 N–H and O–H groups in total. The molecule has 0 radical (unpaired) electrons. The SMILES string of the molecule is CC(C)OC(=O)NC1CCC(c2ncc(-c3ccc(NONCc4ccccc4)cc3S(=O)NC(C)(C)C)s2)CC1. The highest BCUT2D eigenvalue weighted by molar-refractivity contribution is 7.83. The summed E-state index contributed by atoms with van der Waals surface area (Å²) in [6.07, 6.45) is 5.06. The van der Waals surface area contributed by atoms with Gasteiger partial charge < -0.3 is 10.1 Å². The minimum atomic E-state index is -1.46. The molecule has 0 spiro atoms. The summed E-state index contributed by atoms with van der Waals surface area (Å²) in [6, 6.07) is 15.8. The van der Waals surface area contributed by atoms with Gasteiger partial charge >= 0.3 is 6.09 Å². The first-order valence-corrected chi connectivity index (χ1v) is 16.0. The van der Waals surface area contributed by atoms with Crippen LogP contribution in [-0.2, 0) is 27.2 Å². The van der Waals surface area contributed by atoms with Crippen LogP contribution in [0.2, 0.25) is 0 Å². The molecule has 1 saturated carbocycles. The zero-order chi connectivity index (χ0) is 29.4. The molecule has 9 nitrogen and oxygen atoms in total. The van der Waals surface area contributed by atoms with E-state index in [1.54, 1.807) is 11.3 Å². The molecule has 41 heavy (non-hydrogen) atoms. The van der Waals surface area contributed by atoms with Gasteiger partial charge in [-0.2, -0.15) is 10.4 Å². The van der Waals surface area contributed by atoms with Crippen molar-refractivity contribution < 1.29 is 18.7 Å². The van der Waals surface area contributed by atoms with Crippen LogP contribution in [0.1, 0.15) is 76.8 Å². The summed E-state index contributed by atoms with van der Waals surface area (Å²) < 4.78 is 21.9. The molecule has 3 aromatic rings. The van der Waals surface area contributed by atoms with E-state index in [0.29, 0.717) is 23.0 Å². The lowest BCUT2D eigenvalue weighted by Gasteiger charge is -2.28. The van der Waals surface area contributed by atoms with E-state index in [-0.39, 0.29) is 23.8 Å². The molecule has 1 heterocycles. The molecule has 1 atom stereocenters. The van der Waals surface area contributed by atoms with E-state index in [9.17, 15) is 9.00 Å². The largest absolute Gasteiger partial charge is 0.447 e. The summed E-state index contributed by atoms with van der Waals surface area (Å²) in [5.74, 6) is 0.333. The van der Waals surface area contributed by atoms with Gasteiger partial charge in [-0.15, -0.1) is 11.3 Å². The Kier molecular flexibility index (Phi) is 10.9. The molecule has 1 unspecified atom stereocenters. The highest BCUT2D eigenvalue weighted by Gasteiger charge is 2.27. The molecular weight excluding hydrogens is 558 g/mol. The summed E-state index contributed by atoms with van der Waals surface area (Å²) in [4.78, 5) is 23.8. The Bertz CT molecular complexity index is 1300. The number of carbonyl (C=O) groups excluding carboxylic acids is 1. The number of amides is 1. The van der Waals surface area contributed by atoms with Gasteiger partial charge in [0.1, 0.15) is 11.0 Å². The third-order valence-corrected chi connectivity index (χ3v) is 9.20. The first-order valence-electron chi connectivity index (χ1n) is 14.0. The zero-order valence-electron chi connectivity index (χ0n) is 24.4. The van der Waals surface area contributed by atoms with Gasteiger partial charge in [-0.1, -0.05) is 36.4 Å². The molecule has 0 aliphatic heterocycles. The number of thiazole rings is 1. The quantitative estimate of drug-likeness (QED) is 0.148. The van der Waals surface area contributed by atoms with Crippen LogP contribution in [0, 0.1) is 0 Å². The van der Waals surface area contributed by atoms with Crippen LogP contribution < -0.4 is 21.0 Å². The van der Waals surface area contributed by atoms with Crippen LogP contribution in [0.25, 0.3) is 10.4 Å². The van der Waals surface area contributed by atoms with Gasteiger partial charge in [-0.05, 0) is 78.0 Å². The van der Waals surface area contributed by atoms with Crippen molar-refractivity contribution in [2.24, 2.45) is 0 Å². The lowest BCUT2D eigenvalue weighted by molar-refractivity contribution is 0.0837. The van der Waals surface area contributed by atoms with E-state index in [0.717, 1.165) is 46.7 Å². The molecule has 11 heteroatoms. The van der Waals surface area contributed by atoms with Gasteiger partial charge in [0.15, 0.2) is 0 Å². The van der Waals surface area contributed by atoms with Crippen molar-refractivity contribution in [1.29, 1.82) is 0 Å². The van der Waals surface area contributed by atoms with Crippen molar-refractivity contribution in [3.05, 3.63) is 65.3 Å². The van der Waals surface area contributed by atoms with Crippen molar-refractivity contribution in [1.82, 2.24) is 20.5 Å². The average Bonchev–Trinajstić information content (AvgIpc) is 3.41. The highest BCUT2D eigenvalue weighted by Crippen LogP contribution is 2.39. The molecular formula is C30H41N5O4S2. The van der Waals surface area contributed by atoms with Crippen LogP contribution in [-0.4, -0.2) is 33.0 Å². The number of benzene rings is 2. The van der Waals surface area contributed by atoms with Gasteiger partial charge in [0.25, 0.3) is 0 Å². The number of carbonyl (C=O) groups is 1. The van der Waals surface area contributed by atoms with E-state index in [2.05, 4.69) is 21.0 Å². The number of anilines is 1. The fourth-order valence-electron chi connectivity index (χ4n) is 4.59. The summed E-state index contributed by atoms with van der Waals surface area (Å²) in [5, 5.41) is 4.05. The Labute approximate surface area is 249 Å². The van der Waals surface area contributed by atoms with E-state index in [1.165, 1.54) is 0 Å². The van der Waals surface area contributed by atoms with Crippen LogP contribution in [0.3, 0.4) is 0 Å². The van der Waals surface area contributed by atoms with Gasteiger partial charge in [0.2, 0.25) is 0 Å². The normalized spacial score (nSPS) is 18.2. The number of alkyl carbamates (subject to hydrolysis) is 1. The predicted molar refractivity (Wildman–Crippen MR) is 165 cm³/mol. The molecule has 4 rings (SSSR count). The van der Waals surface area contributed by atoms with E-state index in [1.807, 2.05) is 89.3 Å². The Morgan fingerprint density at radius 3 is 2.51 bits per heavy atom. The maximum absolute atomic E-state index is 13.5. The second-order valence-electron chi connectivity index (χ2n) is 11.6. The molecule has 1 amide bonds. The number of ether oxygens (including phenoxy) is 1. The summed E-state index contributed by atoms with van der Waals surface area (Å²) in [7, 11) is -1.46. The fourth-order valence-corrected chi connectivity index (χ4v) is 7.06. The monoisotopic (exact) mass is 599 g/mol. The first kappa shape index (κ1) is 31.1. The highest BCUT2D eigenvalue weighted by atomic mass is 32.2. The van der Waals surface area contributed by atoms with Crippen molar-refractivity contribution >= 4 is 34.1 Å². The molecule has 0 saturated heterocycles. The fraction of sp³-hybridized carbons (Fsp3) is 0.467. The Balaban J connectivity index is 1.43. The minimum absolute atomic E-state index is 0.124. The van der Waals surface area contributed by atoms with Crippen molar-refractivity contribution in [3.8, 4) is 10.4 Å². The van der Waals surface area contributed by atoms with Crippen molar-refractivity contribution in [3.63, 3.8) is 0 Å². The third-order valence-electron chi connectivity index (χ3n) is 6.47. The van der Waals surface area contributed by atoms with Gasteiger partial charge in [0.05, 0.1) is 26.6 Å². The second-order valence-corrected chi connectivity index (χ2v) is 13.8. The molecule has 0 bridgehead atoms. The molecule has 2 aromatic carbocycles. The lowest BCUT2D eigenvalue weighted by Crippen LogP contribution is -2.38. The van der Waals surface area contributed by atoms with E-state index < -0.39 is 11.0 Å². The standard InChI is InChI=1S/C30H41N5O4S2/c1-20(2)38-29(36)33-23-13-11-22(12-14-23)28-31-19-26(40-28)25-16-15-24(17-27(25)41(37)35-30(3,4)5)34-39-32-18-21-9-7-6-8-10-21/h6-10,15-17,19-20,22-23,32,34-35H,11-14,18H2,1-5H3,(H,33,36). The topological polar surface area (TPSA) is 114 Å². The number of hydrogen-bond acceptors (Lipinski definition) is 8. The number of nitrogens with zero attached hydrogens (tertiary/aromatic N) is 1. The number of rotatable bonds is 11. The van der Waals surface area contributed by atoms with Crippen LogP contribution in [0.4, 0.5) is 10.5 Å². The van der Waals surface area contributed by atoms with Crippen LogP contribution >= 0.6 is 11.3 Å². The van der Waals surface area contributed by atoms with Crippen LogP contribution in [0.15, 0.2) is 59.6 Å². The Hall–Kier alpha value is -2.83. The molecule has 1 fully saturated rings. The van der Waals surface area contributed by atoms with E-state index >= 15 is 0 Å². The van der Waals surface area contributed by atoms with Crippen molar-refractivity contribution in [2.75, 3.05) is 5.48 Å². The first-order chi connectivity index (χ1) is 19.6. The number of aromatic nitrogens is 1. The van der Waals surface area contributed by atoms with E-state index in [4.69, 9.17) is 14.7 Å². The summed E-state index contributed by atoms with van der Waals surface area (Å²) in [6.45, 7) is 10.2. The lowest BCUT2D eigenvalue weighted by atomic mass is 9.86. The summed E-state index contributed by atoms with van der Waals surface area (Å²) in [5.41, 5.74) is 8.13. The second kappa shape index (κ2) is 14.4. The zero-order valence-corrected chi connectivity index (χ0v) is 26.0. The smallest absolute Gasteiger partial charge is 0.407 e. The molecule has 222 valence electrons. The van der Waals surface area contributed by atoms with Gasteiger partial charge in [-0.25, -0.2) is 24.2 Å². The molecule has 1 aliphatic rings. The predicted octanol–water partition coefficient (Wildman–Crippen LogP) is 6.43. The maximum Gasteiger partial charge on any atom is 0.407 e. The number of hydrogen-bond donors (Lipinski definition) is 4.